The Balaban J connectivity index is 2.38. The van der Waals surface area contributed by atoms with Crippen molar-refractivity contribution in [2.24, 2.45) is 0 Å². The fourth-order valence-corrected chi connectivity index (χ4v) is 2.76. The first kappa shape index (κ1) is 17.7. The summed E-state index contributed by atoms with van der Waals surface area (Å²) in [5.74, 6) is 0.561. The van der Waals surface area contributed by atoms with Gasteiger partial charge in [-0.15, -0.1) is 0 Å². The van der Waals surface area contributed by atoms with Crippen LogP contribution in [0.25, 0.3) is 0 Å². The highest BCUT2D eigenvalue weighted by atomic mass is 79.9. The Morgan fingerprint density at radius 2 is 1.95 bits per heavy atom. The molecule has 0 heterocycles. The SMILES string of the molecule is COCCOCCCOc1ccc(S(=O)(=O)Cl)cc1Br. The Morgan fingerprint density at radius 3 is 2.55 bits per heavy atom. The molecule has 0 aliphatic rings. The summed E-state index contributed by atoms with van der Waals surface area (Å²) in [6.07, 6.45) is 0.728. The molecule has 0 spiro atoms. The van der Waals surface area contributed by atoms with E-state index in [9.17, 15) is 8.42 Å². The largest absolute Gasteiger partial charge is 0.492 e. The minimum Gasteiger partial charge on any atom is -0.492 e. The van der Waals surface area contributed by atoms with E-state index in [0.29, 0.717) is 36.6 Å². The summed E-state index contributed by atoms with van der Waals surface area (Å²) in [6, 6.07) is 4.37. The van der Waals surface area contributed by atoms with Gasteiger partial charge in [0.05, 0.1) is 29.2 Å². The molecule has 1 rings (SSSR count). The predicted molar refractivity (Wildman–Crippen MR) is 80.0 cm³/mol. The van der Waals surface area contributed by atoms with Crippen LogP contribution in [0.1, 0.15) is 6.42 Å². The monoisotopic (exact) mass is 386 g/mol. The molecule has 5 nitrogen and oxygen atoms in total. The molecule has 0 aromatic heterocycles. The molecule has 0 N–H and O–H groups in total. The third kappa shape index (κ3) is 6.41. The highest BCUT2D eigenvalue weighted by molar-refractivity contribution is 9.10. The lowest BCUT2D eigenvalue weighted by atomic mass is 10.3. The lowest BCUT2D eigenvalue weighted by molar-refractivity contribution is 0.0644. The van der Waals surface area contributed by atoms with Gasteiger partial charge in [0.15, 0.2) is 0 Å². The van der Waals surface area contributed by atoms with Crippen LogP contribution in [-0.4, -0.2) is 42.0 Å². The standard InChI is InChI=1S/C12H16BrClO5S/c1-17-7-8-18-5-2-6-19-12-4-3-10(9-11(12)13)20(14,15)16/h3-4,9H,2,5-8H2,1H3. The molecule has 0 saturated heterocycles. The Kier molecular flexibility index (Phi) is 7.83. The molecule has 1 aromatic rings. The van der Waals surface area contributed by atoms with Gasteiger partial charge >= 0.3 is 0 Å². The van der Waals surface area contributed by atoms with E-state index in [2.05, 4.69) is 15.9 Å². The van der Waals surface area contributed by atoms with E-state index >= 15 is 0 Å². The Hall–Kier alpha value is -0.340. The maximum absolute atomic E-state index is 11.2. The molecule has 0 aliphatic carbocycles. The van der Waals surface area contributed by atoms with Crippen LogP contribution in [-0.2, 0) is 18.5 Å². The molecule has 0 saturated carbocycles. The fourth-order valence-electron chi connectivity index (χ4n) is 1.34. The van der Waals surface area contributed by atoms with Crippen LogP contribution in [0.5, 0.6) is 5.75 Å². The van der Waals surface area contributed by atoms with E-state index in [-0.39, 0.29) is 4.90 Å². The van der Waals surface area contributed by atoms with Crippen molar-refractivity contribution >= 4 is 35.7 Å². The van der Waals surface area contributed by atoms with Gasteiger partial charge < -0.3 is 14.2 Å². The molecular formula is C12H16BrClO5S. The van der Waals surface area contributed by atoms with E-state index in [4.69, 9.17) is 24.9 Å². The van der Waals surface area contributed by atoms with Crippen LogP contribution < -0.4 is 4.74 Å². The summed E-state index contributed by atoms with van der Waals surface area (Å²) in [5, 5.41) is 0. The maximum Gasteiger partial charge on any atom is 0.261 e. The molecule has 8 heteroatoms. The summed E-state index contributed by atoms with van der Waals surface area (Å²) < 4.78 is 38.5. The zero-order valence-corrected chi connectivity index (χ0v) is 14.1. The van der Waals surface area contributed by atoms with Gasteiger partial charge in [-0.3, -0.25) is 0 Å². The molecule has 1 aromatic carbocycles. The zero-order chi connectivity index (χ0) is 15.0. The van der Waals surface area contributed by atoms with Crippen molar-refractivity contribution in [1.82, 2.24) is 0 Å². The summed E-state index contributed by atoms with van der Waals surface area (Å²) in [7, 11) is 3.15. The van der Waals surface area contributed by atoms with Crippen molar-refractivity contribution < 1.29 is 22.6 Å². The molecule has 0 radical (unpaired) electrons. The van der Waals surface area contributed by atoms with Crippen molar-refractivity contribution in [2.45, 2.75) is 11.3 Å². The highest BCUT2D eigenvalue weighted by Crippen LogP contribution is 2.29. The molecule has 0 aliphatic heterocycles. The van der Waals surface area contributed by atoms with Crippen LogP contribution in [0.4, 0.5) is 0 Å². The van der Waals surface area contributed by atoms with Crippen molar-refractivity contribution in [1.29, 1.82) is 0 Å². The summed E-state index contributed by atoms with van der Waals surface area (Å²) in [5.41, 5.74) is 0. The Bertz CT molecular complexity index is 521. The number of halogens is 2. The maximum atomic E-state index is 11.2. The number of methoxy groups -OCH3 is 1. The van der Waals surface area contributed by atoms with Crippen LogP contribution in [0.2, 0.25) is 0 Å². The van der Waals surface area contributed by atoms with E-state index in [1.807, 2.05) is 0 Å². The van der Waals surface area contributed by atoms with Gasteiger partial charge in [0.25, 0.3) is 9.05 Å². The van der Waals surface area contributed by atoms with E-state index < -0.39 is 9.05 Å². The van der Waals surface area contributed by atoms with E-state index in [1.54, 1.807) is 13.2 Å². The van der Waals surface area contributed by atoms with Gasteiger partial charge in [-0.25, -0.2) is 8.42 Å². The van der Waals surface area contributed by atoms with Gasteiger partial charge in [-0.1, -0.05) is 0 Å². The number of benzene rings is 1. The Morgan fingerprint density at radius 1 is 1.20 bits per heavy atom. The quantitative estimate of drug-likeness (QED) is 0.481. The van der Waals surface area contributed by atoms with Crippen LogP contribution >= 0.6 is 26.6 Å². The summed E-state index contributed by atoms with van der Waals surface area (Å²) >= 11 is 3.25. The second-order valence-corrected chi connectivity index (χ2v) is 7.26. The second-order valence-electron chi connectivity index (χ2n) is 3.84. The number of hydrogen-bond donors (Lipinski definition) is 0. The lowest BCUT2D eigenvalue weighted by Gasteiger charge is -2.09. The molecule has 0 bridgehead atoms. The topological polar surface area (TPSA) is 61.8 Å². The summed E-state index contributed by atoms with van der Waals surface area (Å²) in [6.45, 7) is 2.18. The third-order valence-electron chi connectivity index (χ3n) is 2.31. The molecular weight excluding hydrogens is 372 g/mol. The molecule has 0 unspecified atom stereocenters. The van der Waals surface area contributed by atoms with Gasteiger partial charge in [-0.05, 0) is 34.1 Å². The summed E-state index contributed by atoms with van der Waals surface area (Å²) in [4.78, 5) is 0.0290. The smallest absolute Gasteiger partial charge is 0.261 e. The van der Waals surface area contributed by atoms with Crippen LogP contribution in [0.15, 0.2) is 27.6 Å². The minimum atomic E-state index is -3.73. The second kappa shape index (κ2) is 8.84. The van der Waals surface area contributed by atoms with Crippen LogP contribution in [0, 0.1) is 0 Å². The van der Waals surface area contributed by atoms with Gasteiger partial charge in [0, 0.05) is 30.8 Å². The van der Waals surface area contributed by atoms with Gasteiger partial charge in [-0.2, -0.15) is 0 Å². The zero-order valence-electron chi connectivity index (χ0n) is 11.0. The van der Waals surface area contributed by atoms with E-state index in [0.717, 1.165) is 6.42 Å². The first-order valence-electron chi connectivity index (χ1n) is 5.89. The molecule has 0 fully saturated rings. The first-order chi connectivity index (χ1) is 9.45. The molecule has 114 valence electrons. The van der Waals surface area contributed by atoms with Gasteiger partial charge in [0.2, 0.25) is 0 Å². The van der Waals surface area contributed by atoms with Crippen molar-refractivity contribution in [3.63, 3.8) is 0 Å². The molecule has 20 heavy (non-hydrogen) atoms. The first-order valence-corrected chi connectivity index (χ1v) is 8.99. The van der Waals surface area contributed by atoms with Crippen molar-refractivity contribution in [2.75, 3.05) is 33.5 Å². The predicted octanol–water partition coefficient (Wildman–Crippen LogP) is 2.81. The highest BCUT2D eigenvalue weighted by Gasteiger charge is 2.12. The Labute approximate surface area is 131 Å². The fraction of sp³-hybridized carbons (Fsp3) is 0.500. The van der Waals surface area contributed by atoms with Crippen LogP contribution in [0.3, 0.4) is 0 Å². The van der Waals surface area contributed by atoms with E-state index in [1.165, 1.54) is 12.1 Å². The van der Waals surface area contributed by atoms with Gasteiger partial charge in [0.1, 0.15) is 5.75 Å². The molecule has 0 atom stereocenters. The van der Waals surface area contributed by atoms with Crippen molar-refractivity contribution in [3.05, 3.63) is 22.7 Å². The lowest BCUT2D eigenvalue weighted by Crippen LogP contribution is -2.07. The molecule has 0 amide bonds. The number of hydrogen-bond acceptors (Lipinski definition) is 5. The average Bonchev–Trinajstić information content (AvgIpc) is 2.38. The number of rotatable bonds is 9. The average molecular weight is 388 g/mol. The number of ether oxygens (including phenoxy) is 3. The normalized spacial score (nSPS) is 11.6. The minimum absolute atomic E-state index is 0.0290. The third-order valence-corrected chi connectivity index (χ3v) is 4.28. The van der Waals surface area contributed by atoms with Crippen molar-refractivity contribution in [3.8, 4) is 5.75 Å².